The molecule has 0 unspecified atom stereocenters. The molecule has 17 heavy (non-hydrogen) atoms. The van der Waals surface area contributed by atoms with Crippen LogP contribution in [0.4, 0.5) is 0 Å². The highest BCUT2D eigenvalue weighted by molar-refractivity contribution is 7.89. The van der Waals surface area contributed by atoms with Gasteiger partial charge in [0.2, 0.25) is 10.0 Å². The normalized spacial score (nSPS) is 16.4. The number of benzene rings is 1. The lowest BCUT2D eigenvalue weighted by Gasteiger charge is -2.11. The van der Waals surface area contributed by atoms with Crippen molar-refractivity contribution in [3.63, 3.8) is 0 Å². The largest absolute Gasteiger partial charge is 0.310 e. The molecule has 0 aromatic heterocycles. The molecule has 0 atom stereocenters. The van der Waals surface area contributed by atoms with Crippen LogP contribution in [0.25, 0.3) is 0 Å². The Bertz CT molecular complexity index is 476. The first-order valence-electron chi connectivity index (χ1n) is 5.75. The van der Waals surface area contributed by atoms with E-state index in [1.54, 1.807) is 12.1 Å². The maximum absolute atomic E-state index is 11.8. The van der Waals surface area contributed by atoms with E-state index in [1.807, 2.05) is 12.1 Å². The van der Waals surface area contributed by atoms with Gasteiger partial charge in [-0.05, 0) is 30.5 Å². The first-order valence-corrected chi connectivity index (χ1v) is 7.19. The third kappa shape index (κ3) is 3.06. The quantitative estimate of drug-likeness (QED) is 0.858. The third-order valence-corrected chi connectivity index (χ3v) is 4.70. The standard InChI is InChI=1S/C12H18N2O2S/c1-14(2)17(15,16)12-7-3-10(4-8-12)9-13-11-5-6-11/h3-4,7-8,11,13H,5-6,9H2,1-2H3. The molecule has 0 bridgehead atoms. The molecule has 94 valence electrons. The fourth-order valence-corrected chi connectivity index (χ4v) is 2.44. The summed E-state index contributed by atoms with van der Waals surface area (Å²) in [6, 6.07) is 7.73. The molecule has 0 aliphatic heterocycles. The maximum atomic E-state index is 11.8. The van der Waals surface area contributed by atoms with E-state index in [1.165, 1.54) is 31.2 Å². The van der Waals surface area contributed by atoms with Crippen molar-refractivity contribution in [2.24, 2.45) is 0 Å². The van der Waals surface area contributed by atoms with Crippen molar-refractivity contribution in [1.29, 1.82) is 0 Å². The zero-order chi connectivity index (χ0) is 12.5. The Balaban J connectivity index is 2.06. The molecule has 1 aliphatic carbocycles. The van der Waals surface area contributed by atoms with Gasteiger partial charge in [0.1, 0.15) is 0 Å². The van der Waals surface area contributed by atoms with Crippen LogP contribution in [0.3, 0.4) is 0 Å². The number of nitrogens with zero attached hydrogens (tertiary/aromatic N) is 1. The number of nitrogens with one attached hydrogen (secondary N) is 1. The first kappa shape index (κ1) is 12.5. The Morgan fingerprint density at radius 3 is 2.29 bits per heavy atom. The number of hydrogen-bond acceptors (Lipinski definition) is 3. The zero-order valence-electron chi connectivity index (χ0n) is 10.2. The Kier molecular flexibility index (Phi) is 3.51. The van der Waals surface area contributed by atoms with Crippen LogP contribution in [0.5, 0.6) is 0 Å². The van der Waals surface area contributed by atoms with Gasteiger partial charge in [-0.15, -0.1) is 0 Å². The van der Waals surface area contributed by atoms with Crippen molar-refractivity contribution >= 4 is 10.0 Å². The van der Waals surface area contributed by atoms with Gasteiger partial charge in [0, 0.05) is 26.7 Å². The summed E-state index contributed by atoms with van der Waals surface area (Å²) in [4.78, 5) is 0.345. The molecule has 1 N–H and O–H groups in total. The molecule has 0 heterocycles. The molecular formula is C12H18N2O2S. The number of hydrogen-bond donors (Lipinski definition) is 1. The van der Waals surface area contributed by atoms with Crippen LogP contribution in [0, 0.1) is 0 Å². The third-order valence-electron chi connectivity index (χ3n) is 2.87. The molecular weight excluding hydrogens is 236 g/mol. The lowest BCUT2D eigenvalue weighted by atomic mass is 10.2. The molecule has 1 saturated carbocycles. The van der Waals surface area contributed by atoms with Crippen molar-refractivity contribution in [3.8, 4) is 0 Å². The van der Waals surface area contributed by atoms with Gasteiger partial charge in [-0.3, -0.25) is 0 Å². The lowest BCUT2D eigenvalue weighted by Crippen LogP contribution is -2.22. The van der Waals surface area contributed by atoms with Crippen LogP contribution in [0.2, 0.25) is 0 Å². The van der Waals surface area contributed by atoms with Crippen LogP contribution >= 0.6 is 0 Å². The smallest absolute Gasteiger partial charge is 0.242 e. The summed E-state index contributed by atoms with van der Waals surface area (Å²) in [5.41, 5.74) is 1.12. The fourth-order valence-electron chi connectivity index (χ4n) is 1.54. The molecule has 0 amide bonds. The molecule has 4 nitrogen and oxygen atoms in total. The minimum atomic E-state index is -3.30. The van der Waals surface area contributed by atoms with E-state index in [-0.39, 0.29) is 0 Å². The monoisotopic (exact) mass is 254 g/mol. The van der Waals surface area contributed by atoms with E-state index >= 15 is 0 Å². The summed E-state index contributed by atoms with van der Waals surface area (Å²) in [5, 5.41) is 3.39. The highest BCUT2D eigenvalue weighted by Crippen LogP contribution is 2.20. The van der Waals surface area contributed by atoms with E-state index in [2.05, 4.69) is 5.32 Å². The van der Waals surface area contributed by atoms with Crippen molar-refractivity contribution < 1.29 is 8.42 Å². The second-order valence-electron chi connectivity index (χ2n) is 4.59. The summed E-state index contributed by atoms with van der Waals surface area (Å²) in [6.07, 6.45) is 2.51. The van der Waals surface area contributed by atoms with E-state index < -0.39 is 10.0 Å². The molecule has 5 heteroatoms. The summed E-state index contributed by atoms with van der Waals surface area (Å²) in [5.74, 6) is 0. The van der Waals surface area contributed by atoms with Gasteiger partial charge < -0.3 is 5.32 Å². The first-order chi connectivity index (χ1) is 8.00. The van der Waals surface area contributed by atoms with Crippen LogP contribution in [0.1, 0.15) is 18.4 Å². The highest BCUT2D eigenvalue weighted by Gasteiger charge is 2.20. The molecule has 1 fully saturated rings. The summed E-state index contributed by atoms with van der Waals surface area (Å²) >= 11 is 0. The molecule has 0 radical (unpaired) electrons. The van der Waals surface area contributed by atoms with Crippen molar-refractivity contribution in [1.82, 2.24) is 9.62 Å². The molecule has 0 spiro atoms. The van der Waals surface area contributed by atoms with Crippen LogP contribution in [-0.4, -0.2) is 32.9 Å². The second kappa shape index (κ2) is 4.76. The molecule has 1 aliphatic rings. The minimum Gasteiger partial charge on any atom is -0.310 e. The van der Waals surface area contributed by atoms with Crippen molar-refractivity contribution in [2.45, 2.75) is 30.3 Å². The Morgan fingerprint density at radius 1 is 1.24 bits per heavy atom. The van der Waals surface area contributed by atoms with E-state index in [0.717, 1.165) is 12.1 Å². The van der Waals surface area contributed by atoms with Gasteiger partial charge in [-0.1, -0.05) is 12.1 Å². The average Bonchev–Trinajstić information content (AvgIpc) is 3.10. The summed E-state index contributed by atoms with van der Waals surface area (Å²) in [6.45, 7) is 0.812. The molecule has 0 saturated heterocycles. The van der Waals surface area contributed by atoms with Crippen LogP contribution < -0.4 is 5.32 Å². The predicted molar refractivity (Wildman–Crippen MR) is 67.2 cm³/mol. The highest BCUT2D eigenvalue weighted by atomic mass is 32.2. The molecule has 1 aromatic carbocycles. The van der Waals surface area contributed by atoms with Crippen LogP contribution in [0.15, 0.2) is 29.2 Å². The predicted octanol–water partition coefficient (Wildman–Crippen LogP) is 1.19. The van der Waals surface area contributed by atoms with Gasteiger partial charge in [-0.25, -0.2) is 12.7 Å². The average molecular weight is 254 g/mol. The summed E-state index contributed by atoms with van der Waals surface area (Å²) in [7, 11) is -0.221. The second-order valence-corrected chi connectivity index (χ2v) is 6.74. The van der Waals surface area contributed by atoms with Crippen LogP contribution in [-0.2, 0) is 16.6 Å². The van der Waals surface area contributed by atoms with Crippen molar-refractivity contribution in [3.05, 3.63) is 29.8 Å². The Hall–Kier alpha value is -0.910. The maximum Gasteiger partial charge on any atom is 0.242 e. The van der Waals surface area contributed by atoms with Gasteiger partial charge in [-0.2, -0.15) is 0 Å². The summed E-state index contributed by atoms with van der Waals surface area (Å²) < 4.78 is 24.9. The Labute approximate surface area is 103 Å². The van der Waals surface area contributed by atoms with Gasteiger partial charge in [0.25, 0.3) is 0 Å². The number of rotatable bonds is 5. The Morgan fingerprint density at radius 2 is 1.82 bits per heavy atom. The lowest BCUT2D eigenvalue weighted by molar-refractivity contribution is 0.520. The molecule has 2 rings (SSSR count). The topological polar surface area (TPSA) is 49.4 Å². The zero-order valence-corrected chi connectivity index (χ0v) is 11.0. The van der Waals surface area contributed by atoms with Crippen molar-refractivity contribution in [2.75, 3.05) is 14.1 Å². The van der Waals surface area contributed by atoms with E-state index in [9.17, 15) is 8.42 Å². The van der Waals surface area contributed by atoms with Gasteiger partial charge >= 0.3 is 0 Å². The SMILES string of the molecule is CN(C)S(=O)(=O)c1ccc(CNC2CC2)cc1. The number of sulfonamides is 1. The van der Waals surface area contributed by atoms with E-state index in [4.69, 9.17) is 0 Å². The van der Waals surface area contributed by atoms with Gasteiger partial charge in [0.05, 0.1) is 4.90 Å². The van der Waals surface area contributed by atoms with E-state index in [0.29, 0.717) is 10.9 Å². The fraction of sp³-hybridized carbons (Fsp3) is 0.500. The minimum absolute atomic E-state index is 0.345. The van der Waals surface area contributed by atoms with Gasteiger partial charge in [0.15, 0.2) is 0 Å². The molecule has 1 aromatic rings.